The van der Waals surface area contributed by atoms with E-state index < -0.39 is 161 Å². The van der Waals surface area contributed by atoms with Crippen molar-refractivity contribution >= 4 is 114 Å². The molecular weight excluding hydrogens is 1200 g/mol. The Morgan fingerprint density at radius 1 is 0.756 bits per heavy atom. The zero-order chi connectivity index (χ0) is 64.4. The summed E-state index contributed by atoms with van der Waals surface area (Å²) in [7, 11) is -1.78. The van der Waals surface area contributed by atoms with Gasteiger partial charge in [-0.1, -0.05) is 86.4 Å². The van der Waals surface area contributed by atoms with Crippen molar-refractivity contribution in [3.05, 3.63) is 59.1 Å². The number of primary amides is 3. The van der Waals surface area contributed by atoms with Gasteiger partial charge in [0.1, 0.15) is 48.0 Å². The number of nitrogens with two attached hydrogens (primary N) is 4. The maximum atomic E-state index is 14.5. The largest absolute Gasteiger partial charge is 0.508 e. The lowest BCUT2D eigenvalue weighted by atomic mass is 9.96. The zero-order valence-electron chi connectivity index (χ0n) is 48.3. The van der Waals surface area contributed by atoms with Crippen LogP contribution in [0.3, 0.4) is 0 Å². The van der Waals surface area contributed by atoms with Crippen molar-refractivity contribution in [3.63, 3.8) is 0 Å². The van der Waals surface area contributed by atoms with Gasteiger partial charge in [-0.15, -0.1) is 0 Å². The maximum absolute atomic E-state index is 14.5. The van der Waals surface area contributed by atoms with Gasteiger partial charge in [-0.05, 0) is 85.9 Å². The van der Waals surface area contributed by atoms with E-state index in [9.17, 15) is 71.1 Å². The third-order valence-corrected chi connectivity index (χ3v) is 17.2. The van der Waals surface area contributed by atoms with Gasteiger partial charge in [0.15, 0.2) is 0 Å². The molecule has 33 heteroatoms. The third-order valence-electron chi connectivity index (χ3n) is 13.2. The number of hydrogen-bond acceptors (Lipinski definition) is 18. The van der Waals surface area contributed by atoms with Gasteiger partial charge in [0.05, 0.1) is 23.9 Å². The van der Waals surface area contributed by atoms with E-state index in [4.69, 9.17) is 34.5 Å². The summed E-state index contributed by atoms with van der Waals surface area (Å²) >= 11 is 5.64. The van der Waals surface area contributed by atoms with Crippen molar-refractivity contribution in [2.75, 3.05) is 31.1 Å². The summed E-state index contributed by atoms with van der Waals surface area (Å²) in [5.41, 5.74) is 22.9. The number of phenolic OH excluding ortho intramolecular Hbond substituents is 1. The van der Waals surface area contributed by atoms with Crippen molar-refractivity contribution in [1.82, 2.24) is 52.2 Å². The van der Waals surface area contributed by atoms with E-state index in [0.717, 1.165) is 28.0 Å². The minimum atomic E-state index is -3.83. The molecule has 2 aromatic carbocycles. The number of nitrogens with zero attached hydrogens (tertiary/aromatic N) is 1. The Balaban J connectivity index is 0.000000973. The molecule has 0 saturated carbocycles. The average Bonchev–Trinajstić information content (AvgIpc) is 3.78. The van der Waals surface area contributed by atoms with E-state index in [-0.39, 0.29) is 53.9 Å². The minimum absolute atomic E-state index is 0.00597. The second-order valence-electron chi connectivity index (χ2n) is 20.7. The van der Waals surface area contributed by atoms with E-state index >= 15 is 0 Å². The molecule has 0 bridgehead atoms. The summed E-state index contributed by atoms with van der Waals surface area (Å²) in [5, 5.41) is 30.5. The summed E-state index contributed by atoms with van der Waals surface area (Å²) < 4.78 is 25.3. The van der Waals surface area contributed by atoms with Crippen molar-refractivity contribution in [2.45, 2.75) is 146 Å². The second kappa shape index (κ2) is 35.9. The highest BCUT2D eigenvalue weighted by Crippen LogP contribution is 2.26. The molecule has 0 aliphatic carbocycles. The number of amides is 13. The SMILES string of the molecule is CCCNC(=O)NS(=O)(=O)c1ccc(Cl)cc1.CC[C@H](C)[C@@H]1NC(=O)[C@H](Cc2ccc(O)cc2)NC(=O)[C@@H](N)CSSC[C@@H](C(=O)N2CCC[C@H]2C(=O)N[C@@H](CC(C)C)C(=O)NCC(N)=O)NC(=O)[C@H](CC(N)=O)NC(=O)[C@H](CCC(N)=O)NC1=O. The van der Waals surface area contributed by atoms with Crippen LogP contribution in [0.2, 0.25) is 5.02 Å². The molecule has 2 aromatic rings. The smallest absolute Gasteiger partial charge is 0.328 e. The van der Waals surface area contributed by atoms with E-state index in [1.165, 1.54) is 53.4 Å². The highest BCUT2D eigenvalue weighted by molar-refractivity contribution is 8.76. The van der Waals surface area contributed by atoms with Gasteiger partial charge in [-0.3, -0.25) is 52.7 Å². The number of hydrogen-bond donors (Lipinski definition) is 14. The molecule has 2 saturated heterocycles. The Morgan fingerprint density at radius 3 is 1.95 bits per heavy atom. The number of nitrogens with one attached hydrogen (secondary N) is 9. The first-order valence-electron chi connectivity index (χ1n) is 27.6. The van der Waals surface area contributed by atoms with Crippen molar-refractivity contribution < 1.29 is 71.1 Å². The number of sulfonamides is 1. The van der Waals surface area contributed by atoms with Crippen LogP contribution in [0.5, 0.6) is 5.75 Å². The molecule has 2 aliphatic heterocycles. The predicted molar refractivity (Wildman–Crippen MR) is 320 cm³/mol. The van der Waals surface area contributed by atoms with E-state index in [2.05, 4.69) is 42.5 Å². The molecule has 0 unspecified atom stereocenters. The summed E-state index contributed by atoms with van der Waals surface area (Å²) in [6.07, 6.45) is 0.0370. The number of benzene rings is 2. The molecule has 9 atom stereocenters. The molecule has 18 N–H and O–H groups in total. The number of carbonyl (C=O) groups excluding carboxylic acids is 12. The van der Waals surface area contributed by atoms with Crippen LogP contribution >= 0.6 is 33.2 Å². The number of carbonyl (C=O) groups is 12. The van der Waals surface area contributed by atoms with Crippen LogP contribution in [0.15, 0.2) is 53.4 Å². The minimum Gasteiger partial charge on any atom is -0.508 e. The van der Waals surface area contributed by atoms with Crippen molar-refractivity contribution in [1.29, 1.82) is 0 Å². The van der Waals surface area contributed by atoms with Crippen LogP contribution in [0.25, 0.3) is 0 Å². The number of phenols is 1. The average molecular weight is 1280 g/mol. The van der Waals surface area contributed by atoms with Gasteiger partial charge in [-0.25, -0.2) is 17.9 Å². The molecular formula is C53H79ClN14O15S3. The predicted octanol–water partition coefficient (Wildman–Crippen LogP) is -1.87. The summed E-state index contributed by atoms with van der Waals surface area (Å²) in [4.78, 5) is 159. The molecule has 0 radical (unpaired) electrons. The molecule has 2 fully saturated rings. The molecule has 29 nitrogen and oxygen atoms in total. The normalized spacial score (nSPS) is 21.7. The molecule has 2 heterocycles. The Kier molecular flexibility index (Phi) is 30.4. The molecule has 0 spiro atoms. The molecule has 0 aromatic heterocycles. The van der Waals surface area contributed by atoms with Crippen LogP contribution in [-0.2, 0) is 69.2 Å². The molecule has 476 valence electrons. The number of halogens is 1. The van der Waals surface area contributed by atoms with E-state index in [1.807, 2.05) is 25.5 Å². The Hall–Kier alpha value is -7.42. The topological polar surface area (TPSA) is 475 Å². The summed E-state index contributed by atoms with van der Waals surface area (Å²) in [6.45, 7) is 8.89. The third kappa shape index (κ3) is 24.9. The fourth-order valence-electron chi connectivity index (χ4n) is 8.41. The van der Waals surface area contributed by atoms with Crippen LogP contribution in [-0.4, -0.2) is 169 Å². The molecule has 86 heavy (non-hydrogen) atoms. The lowest BCUT2D eigenvalue weighted by Gasteiger charge is -2.31. The van der Waals surface area contributed by atoms with Gasteiger partial charge >= 0.3 is 6.03 Å². The number of rotatable bonds is 21. The van der Waals surface area contributed by atoms with Gasteiger partial charge in [0, 0.05) is 42.5 Å². The fourth-order valence-corrected chi connectivity index (χ4v) is 11.7. The summed E-state index contributed by atoms with van der Waals surface area (Å²) in [5.74, 6) is -10.4. The van der Waals surface area contributed by atoms with Gasteiger partial charge in [0.25, 0.3) is 10.0 Å². The van der Waals surface area contributed by atoms with Crippen molar-refractivity contribution in [3.8, 4) is 5.75 Å². The van der Waals surface area contributed by atoms with Gasteiger partial charge < -0.3 is 75.5 Å². The number of urea groups is 1. The van der Waals surface area contributed by atoms with E-state index in [1.54, 1.807) is 13.8 Å². The zero-order valence-corrected chi connectivity index (χ0v) is 51.5. The van der Waals surface area contributed by atoms with Crippen LogP contribution < -0.4 is 70.2 Å². The molecule has 13 amide bonds. The van der Waals surface area contributed by atoms with E-state index in [0.29, 0.717) is 30.0 Å². The lowest BCUT2D eigenvalue weighted by Crippen LogP contribution is -2.61. The fraction of sp³-hybridized carbons (Fsp3) is 0.547. The quantitative estimate of drug-likeness (QED) is 0.0609. The van der Waals surface area contributed by atoms with Crippen LogP contribution in [0, 0.1) is 11.8 Å². The van der Waals surface area contributed by atoms with Gasteiger partial charge in [-0.2, -0.15) is 0 Å². The van der Waals surface area contributed by atoms with Crippen molar-refractivity contribution in [2.24, 2.45) is 34.8 Å². The number of aromatic hydroxyl groups is 1. The first-order chi connectivity index (χ1) is 40.5. The monoisotopic (exact) mass is 1280 g/mol. The Labute approximate surface area is 511 Å². The summed E-state index contributed by atoms with van der Waals surface area (Å²) in [6, 6.07) is -0.231. The van der Waals surface area contributed by atoms with Crippen LogP contribution in [0.1, 0.15) is 91.5 Å². The molecule has 2 aliphatic rings. The highest BCUT2D eigenvalue weighted by atomic mass is 35.5. The first kappa shape index (κ1) is 72.8. The second-order valence-corrected chi connectivity index (χ2v) is 25.4. The lowest BCUT2D eigenvalue weighted by molar-refractivity contribution is -0.142. The first-order valence-corrected chi connectivity index (χ1v) is 31.9. The van der Waals surface area contributed by atoms with Gasteiger partial charge in [0.2, 0.25) is 65.0 Å². The standard InChI is InChI=1S/C43H66N12O12S2.C10H13ClN2O3S/c1-5-22(4)35-42(66)49-26(12-13-32(45)57)38(62)51-29(17-33(46)58)39(63)53-30(20-69-68-19-25(44)36(60)50-28(40(64)54-35)16-23-8-10-24(56)11-9-23)43(67)55-14-6-7-31(55)41(65)52-27(15-21(2)3)37(61)48-18-34(47)59;1-2-7-12-10(14)13-17(15,16)9-5-3-8(11)4-6-9/h8-11,21-22,25-31,35,56H,5-7,12-20,44H2,1-4H3,(H2,45,57)(H2,46,58)(H2,47,59)(H,48,61)(H,49,66)(H,50,60)(H,51,62)(H,52,65)(H,53,63)(H,54,64);3-6H,2,7H2,1H3,(H2,12,13,14)/t22-,25-,26-,27-,28-,29-,30-,31-,35-;/m0./s1. The Bertz CT molecular complexity index is 2840. The molecule has 4 rings (SSSR count). The Morgan fingerprint density at radius 2 is 1.36 bits per heavy atom. The number of likely N-dealkylation sites (tertiary alicyclic amines) is 1. The maximum Gasteiger partial charge on any atom is 0.328 e. The highest BCUT2D eigenvalue weighted by Gasteiger charge is 2.41. The van der Waals surface area contributed by atoms with Crippen LogP contribution in [0.4, 0.5) is 4.79 Å².